The van der Waals surface area contributed by atoms with Crippen LogP contribution in [0.1, 0.15) is 39.2 Å². The SMILES string of the molecule is CC(C)(C)C(N)C(=O)N(Cc1ccc(Cl)c(Cl)c1)C1CC1. The fourth-order valence-electron chi connectivity index (χ4n) is 2.16. The van der Waals surface area contributed by atoms with Crippen molar-refractivity contribution in [2.45, 2.75) is 52.2 Å². The highest BCUT2D eigenvalue weighted by atomic mass is 35.5. The summed E-state index contributed by atoms with van der Waals surface area (Å²) in [6.07, 6.45) is 2.09. The highest BCUT2D eigenvalue weighted by molar-refractivity contribution is 6.42. The van der Waals surface area contributed by atoms with E-state index in [0.717, 1.165) is 18.4 Å². The zero-order valence-electron chi connectivity index (χ0n) is 12.7. The minimum atomic E-state index is -0.499. The van der Waals surface area contributed by atoms with Gasteiger partial charge in [-0.1, -0.05) is 50.0 Å². The quantitative estimate of drug-likeness (QED) is 0.912. The van der Waals surface area contributed by atoms with Crippen LogP contribution in [0.2, 0.25) is 10.0 Å². The van der Waals surface area contributed by atoms with Crippen LogP contribution in [0.4, 0.5) is 0 Å². The molecule has 1 amide bonds. The molecule has 21 heavy (non-hydrogen) atoms. The molecule has 0 bridgehead atoms. The van der Waals surface area contributed by atoms with E-state index < -0.39 is 6.04 Å². The third-order valence-corrected chi connectivity index (χ3v) is 4.55. The molecule has 1 saturated carbocycles. The molecule has 0 radical (unpaired) electrons. The second-order valence-electron chi connectivity index (χ2n) is 6.79. The minimum absolute atomic E-state index is 0.0103. The van der Waals surface area contributed by atoms with Crippen molar-refractivity contribution in [1.29, 1.82) is 0 Å². The van der Waals surface area contributed by atoms with Gasteiger partial charge in [0, 0.05) is 12.6 Å². The average Bonchev–Trinajstić information content (AvgIpc) is 3.21. The first-order chi connectivity index (χ1) is 9.70. The summed E-state index contributed by atoms with van der Waals surface area (Å²) in [6, 6.07) is 5.29. The van der Waals surface area contributed by atoms with Crippen LogP contribution in [0.5, 0.6) is 0 Å². The van der Waals surface area contributed by atoms with E-state index in [-0.39, 0.29) is 11.3 Å². The number of amides is 1. The van der Waals surface area contributed by atoms with Crippen molar-refractivity contribution >= 4 is 29.1 Å². The maximum atomic E-state index is 12.7. The number of benzene rings is 1. The second kappa shape index (κ2) is 6.15. The number of halogens is 2. The van der Waals surface area contributed by atoms with E-state index in [1.54, 1.807) is 6.07 Å². The molecule has 5 heteroatoms. The molecule has 1 aromatic rings. The molecule has 1 aromatic carbocycles. The zero-order valence-corrected chi connectivity index (χ0v) is 14.2. The molecule has 1 aliphatic carbocycles. The molecule has 3 nitrogen and oxygen atoms in total. The normalized spacial score (nSPS) is 16.7. The molecule has 1 fully saturated rings. The lowest BCUT2D eigenvalue weighted by Crippen LogP contribution is -2.50. The summed E-state index contributed by atoms with van der Waals surface area (Å²) in [5, 5.41) is 1.04. The predicted molar refractivity (Wildman–Crippen MR) is 87.5 cm³/mol. The molecule has 1 atom stereocenters. The first-order valence-electron chi connectivity index (χ1n) is 7.20. The van der Waals surface area contributed by atoms with Crippen LogP contribution in [0.15, 0.2) is 18.2 Å². The van der Waals surface area contributed by atoms with Crippen LogP contribution < -0.4 is 5.73 Å². The predicted octanol–water partition coefficient (Wildman–Crippen LogP) is 3.86. The van der Waals surface area contributed by atoms with Crippen molar-refractivity contribution in [2.24, 2.45) is 11.1 Å². The smallest absolute Gasteiger partial charge is 0.240 e. The Hall–Kier alpha value is -0.770. The van der Waals surface area contributed by atoms with Gasteiger partial charge in [-0.15, -0.1) is 0 Å². The van der Waals surface area contributed by atoms with Crippen molar-refractivity contribution in [3.05, 3.63) is 33.8 Å². The average molecular weight is 329 g/mol. The van der Waals surface area contributed by atoms with Gasteiger partial charge in [0.1, 0.15) is 0 Å². The fourth-order valence-corrected chi connectivity index (χ4v) is 2.48. The first-order valence-corrected chi connectivity index (χ1v) is 7.95. The third kappa shape index (κ3) is 4.12. The molecule has 0 aliphatic heterocycles. The Morgan fingerprint density at radius 3 is 2.43 bits per heavy atom. The molecular formula is C16H22Cl2N2O. The van der Waals surface area contributed by atoms with Crippen LogP contribution in [0.3, 0.4) is 0 Å². The van der Waals surface area contributed by atoms with Gasteiger partial charge in [0.25, 0.3) is 0 Å². The molecule has 0 heterocycles. The van der Waals surface area contributed by atoms with E-state index in [4.69, 9.17) is 28.9 Å². The van der Waals surface area contributed by atoms with Gasteiger partial charge < -0.3 is 10.6 Å². The molecule has 2 N–H and O–H groups in total. The molecule has 0 aromatic heterocycles. The fraction of sp³-hybridized carbons (Fsp3) is 0.562. The maximum Gasteiger partial charge on any atom is 0.240 e. The Bertz CT molecular complexity index is 536. The number of nitrogens with two attached hydrogens (primary N) is 1. The van der Waals surface area contributed by atoms with E-state index in [1.807, 2.05) is 37.8 Å². The first kappa shape index (κ1) is 16.6. The summed E-state index contributed by atoms with van der Waals surface area (Å²) >= 11 is 12.0. The van der Waals surface area contributed by atoms with E-state index in [2.05, 4.69) is 0 Å². The van der Waals surface area contributed by atoms with Crippen LogP contribution in [-0.4, -0.2) is 22.9 Å². The van der Waals surface area contributed by atoms with Crippen molar-refractivity contribution in [3.63, 3.8) is 0 Å². The molecule has 116 valence electrons. The largest absolute Gasteiger partial charge is 0.334 e. The highest BCUT2D eigenvalue weighted by Crippen LogP contribution is 2.32. The summed E-state index contributed by atoms with van der Waals surface area (Å²) in [5.74, 6) is 0.0103. The van der Waals surface area contributed by atoms with Gasteiger partial charge in [-0.05, 0) is 36.0 Å². The van der Waals surface area contributed by atoms with E-state index >= 15 is 0 Å². The number of hydrogen-bond donors (Lipinski definition) is 1. The topological polar surface area (TPSA) is 46.3 Å². The second-order valence-corrected chi connectivity index (χ2v) is 7.60. The standard InChI is InChI=1S/C16H22Cl2N2O/c1-16(2,3)14(19)15(21)20(11-5-6-11)9-10-4-7-12(17)13(18)8-10/h4,7-8,11,14H,5-6,9,19H2,1-3H3. The van der Waals surface area contributed by atoms with E-state index in [1.165, 1.54) is 0 Å². The maximum absolute atomic E-state index is 12.7. The lowest BCUT2D eigenvalue weighted by molar-refractivity contribution is -0.136. The van der Waals surface area contributed by atoms with Crippen molar-refractivity contribution in [2.75, 3.05) is 0 Å². The number of nitrogens with zero attached hydrogens (tertiary/aromatic N) is 1. The number of carbonyl (C=O) groups excluding carboxylic acids is 1. The molecular weight excluding hydrogens is 307 g/mol. The van der Waals surface area contributed by atoms with E-state index in [0.29, 0.717) is 22.6 Å². The Morgan fingerprint density at radius 1 is 1.33 bits per heavy atom. The highest BCUT2D eigenvalue weighted by Gasteiger charge is 2.38. The van der Waals surface area contributed by atoms with Crippen LogP contribution in [-0.2, 0) is 11.3 Å². The van der Waals surface area contributed by atoms with Gasteiger partial charge >= 0.3 is 0 Å². The third-order valence-electron chi connectivity index (χ3n) is 3.81. The molecule has 0 spiro atoms. The zero-order chi connectivity index (χ0) is 15.8. The van der Waals surface area contributed by atoms with Gasteiger partial charge in [-0.25, -0.2) is 0 Å². The summed E-state index contributed by atoms with van der Waals surface area (Å²) in [4.78, 5) is 14.6. The molecule has 1 aliphatic rings. The number of carbonyl (C=O) groups is 1. The Kier molecular flexibility index (Phi) is 4.86. The number of hydrogen-bond acceptors (Lipinski definition) is 2. The Morgan fingerprint density at radius 2 is 1.95 bits per heavy atom. The van der Waals surface area contributed by atoms with Gasteiger partial charge in [-0.3, -0.25) is 4.79 Å². The Balaban J connectivity index is 2.16. The monoisotopic (exact) mass is 328 g/mol. The Labute approximate surface area is 136 Å². The van der Waals surface area contributed by atoms with Gasteiger partial charge in [0.05, 0.1) is 16.1 Å². The van der Waals surface area contributed by atoms with Gasteiger partial charge in [-0.2, -0.15) is 0 Å². The van der Waals surface area contributed by atoms with Crippen molar-refractivity contribution in [1.82, 2.24) is 4.90 Å². The summed E-state index contributed by atoms with van der Waals surface area (Å²) in [7, 11) is 0. The summed E-state index contributed by atoms with van der Waals surface area (Å²) in [6.45, 7) is 6.49. The van der Waals surface area contributed by atoms with Crippen LogP contribution >= 0.6 is 23.2 Å². The lowest BCUT2D eigenvalue weighted by Gasteiger charge is -2.32. The van der Waals surface area contributed by atoms with E-state index in [9.17, 15) is 4.79 Å². The number of rotatable bonds is 4. The molecule has 1 unspecified atom stereocenters. The lowest BCUT2D eigenvalue weighted by atomic mass is 9.86. The molecule has 2 rings (SSSR count). The van der Waals surface area contributed by atoms with Crippen molar-refractivity contribution in [3.8, 4) is 0 Å². The molecule has 0 saturated heterocycles. The van der Waals surface area contributed by atoms with Gasteiger partial charge in [0.2, 0.25) is 5.91 Å². The van der Waals surface area contributed by atoms with Crippen LogP contribution in [0, 0.1) is 5.41 Å². The van der Waals surface area contributed by atoms with Crippen molar-refractivity contribution < 1.29 is 4.79 Å². The van der Waals surface area contributed by atoms with Gasteiger partial charge in [0.15, 0.2) is 0 Å². The summed E-state index contributed by atoms with van der Waals surface area (Å²) in [5.41, 5.74) is 6.86. The minimum Gasteiger partial charge on any atom is -0.334 e. The van der Waals surface area contributed by atoms with Crippen LogP contribution in [0.25, 0.3) is 0 Å². The summed E-state index contributed by atoms with van der Waals surface area (Å²) < 4.78 is 0.